The van der Waals surface area contributed by atoms with Crippen LogP contribution in [0.2, 0.25) is 0 Å². The average molecular weight is 479 g/mol. The fourth-order valence-electron chi connectivity index (χ4n) is 5.63. The Morgan fingerprint density at radius 3 is 2.40 bits per heavy atom. The maximum Gasteiger partial charge on any atom is 0.407 e. The number of hydrogen-bond acceptors (Lipinski definition) is 5. The highest BCUT2D eigenvalue weighted by molar-refractivity contribution is 5.83. The van der Waals surface area contributed by atoms with Gasteiger partial charge in [-0.1, -0.05) is 48.5 Å². The van der Waals surface area contributed by atoms with Crippen molar-refractivity contribution in [3.05, 3.63) is 59.7 Å². The summed E-state index contributed by atoms with van der Waals surface area (Å²) in [6.07, 6.45) is 0.787. The average Bonchev–Trinajstić information content (AvgIpc) is 3.44. The second kappa shape index (κ2) is 10.1. The molecule has 8 nitrogen and oxygen atoms in total. The number of amides is 2. The Hall–Kier alpha value is -3.39. The summed E-state index contributed by atoms with van der Waals surface area (Å²) in [4.78, 5) is 38.6. The number of carboxylic acids is 1. The topological polar surface area (TPSA) is 105 Å². The molecule has 1 aliphatic carbocycles. The Bertz CT molecular complexity index is 1070. The van der Waals surface area contributed by atoms with E-state index in [-0.39, 0.29) is 30.8 Å². The quantitative estimate of drug-likeness (QED) is 0.659. The van der Waals surface area contributed by atoms with E-state index in [4.69, 9.17) is 14.6 Å². The van der Waals surface area contributed by atoms with E-state index < -0.39 is 24.2 Å². The maximum absolute atomic E-state index is 13.1. The molecule has 0 bridgehead atoms. The third kappa shape index (κ3) is 4.89. The van der Waals surface area contributed by atoms with E-state index in [1.165, 1.54) is 0 Å². The number of piperidine rings is 1. The number of nitrogens with zero attached hydrogens (tertiary/aromatic N) is 1. The zero-order valence-corrected chi connectivity index (χ0v) is 19.5. The molecular weight excluding hydrogens is 448 g/mol. The van der Waals surface area contributed by atoms with Crippen molar-refractivity contribution < 1.29 is 29.0 Å². The zero-order valence-electron chi connectivity index (χ0n) is 19.5. The normalized spacial score (nSPS) is 23.4. The van der Waals surface area contributed by atoms with Gasteiger partial charge in [-0.05, 0) is 47.4 Å². The molecule has 0 spiro atoms. The number of carbonyl (C=O) groups is 3. The predicted molar refractivity (Wildman–Crippen MR) is 128 cm³/mol. The van der Waals surface area contributed by atoms with E-state index in [1.54, 1.807) is 4.90 Å². The molecule has 2 aliphatic heterocycles. The number of hydrogen-bond donors (Lipinski definition) is 2. The summed E-state index contributed by atoms with van der Waals surface area (Å²) in [5.74, 6) is -1.14. The van der Waals surface area contributed by atoms with Crippen LogP contribution in [0.25, 0.3) is 11.1 Å². The summed E-state index contributed by atoms with van der Waals surface area (Å²) in [5, 5.41) is 11.9. The van der Waals surface area contributed by atoms with Gasteiger partial charge in [0.05, 0.1) is 6.04 Å². The van der Waals surface area contributed by atoms with Crippen molar-refractivity contribution in [3.8, 4) is 11.1 Å². The molecule has 2 aromatic rings. The lowest BCUT2D eigenvalue weighted by atomic mass is 9.94. The van der Waals surface area contributed by atoms with Crippen molar-refractivity contribution in [1.29, 1.82) is 0 Å². The SMILES string of the molecule is O=C(O)CC1CCCN(C(=O)[C@@H]2OCC[C@@H]2NC(=O)OCC2c3ccccc3-c3ccccc32)C1. The molecule has 3 atom stereocenters. The first kappa shape index (κ1) is 23.4. The Morgan fingerprint density at radius 1 is 1.03 bits per heavy atom. The van der Waals surface area contributed by atoms with Gasteiger partial charge in [-0.25, -0.2) is 4.79 Å². The molecule has 2 N–H and O–H groups in total. The number of aliphatic carboxylic acids is 1. The Balaban J connectivity index is 1.19. The number of benzene rings is 2. The first-order valence-corrected chi connectivity index (χ1v) is 12.2. The number of fused-ring (bicyclic) bond motifs is 3. The van der Waals surface area contributed by atoms with Crippen molar-refractivity contribution in [2.75, 3.05) is 26.3 Å². The van der Waals surface area contributed by atoms with E-state index in [1.807, 2.05) is 24.3 Å². The molecule has 0 radical (unpaired) electrons. The van der Waals surface area contributed by atoms with Crippen molar-refractivity contribution >= 4 is 18.0 Å². The van der Waals surface area contributed by atoms with Crippen molar-refractivity contribution in [2.45, 2.75) is 43.7 Å². The molecule has 3 aliphatic rings. The number of nitrogens with one attached hydrogen (secondary N) is 1. The molecule has 5 rings (SSSR count). The number of carboxylic acid groups (broad SMARTS) is 1. The molecule has 184 valence electrons. The lowest BCUT2D eigenvalue weighted by Gasteiger charge is -2.34. The number of ether oxygens (including phenoxy) is 2. The molecule has 0 aromatic heterocycles. The van der Waals surface area contributed by atoms with E-state index >= 15 is 0 Å². The molecule has 35 heavy (non-hydrogen) atoms. The number of rotatable bonds is 6. The minimum Gasteiger partial charge on any atom is -0.481 e. The molecule has 2 saturated heterocycles. The van der Waals surface area contributed by atoms with Crippen LogP contribution in [-0.4, -0.2) is 66.4 Å². The highest BCUT2D eigenvalue weighted by Gasteiger charge is 2.39. The standard InChI is InChI=1S/C27H30N2O6/c30-24(31)14-17-6-5-12-29(15-17)26(32)25-23(11-13-34-25)28-27(33)35-16-22-20-9-3-1-7-18(20)19-8-2-4-10-21(19)22/h1-4,7-10,17,22-23,25H,5-6,11-16H2,(H,28,33)(H,30,31)/t17?,23-,25+/m0/s1. The molecule has 0 saturated carbocycles. The minimum atomic E-state index is -0.851. The zero-order chi connectivity index (χ0) is 24.4. The molecule has 8 heteroatoms. The van der Waals surface area contributed by atoms with Crippen LogP contribution in [0.3, 0.4) is 0 Å². The van der Waals surface area contributed by atoms with Crippen molar-refractivity contribution in [1.82, 2.24) is 10.2 Å². The molecule has 2 aromatic carbocycles. The smallest absolute Gasteiger partial charge is 0.407 e. The van der Waals surface area contributed by atoms with Gasteiger partial charge >= 0.3 is 12.1 Å². The van der Waals surface area contributed by atoms with E-state index in [2.05, 4.69) is 29.6 Å². The molecular formula is C27H30N2O6. The highest BCUT2D eigenvalue weighted by Crippen LogP contribution is 2.44. The number of likely N-dealkylation sites (tertiary alicyclic amines) is 1. The van der Waals surface area contributed by atoms with Crippen molar-refractivity contribution in [3.63, 3.8) is 0 Å². The highest BCUT2D eigenvalue weighted by atomic mass is 16.6. The van der Waals surface area contributed by atoms with E-state index in [9.17, 15) is 14.4 Å². The minimum absolute atomic E-state index is 0.0371. The number of carbonyl (C=O) groups excluding carboxylic acids is 2. The van der Waals surface area contributed by atoms with Gasteiger partial charge in [-0.3, -0.25) is 9.59 Å². The van der Waals surface area contributed by atoms with Crippen LogP contribution in [0.5, 0.6) is 0 Å². The van der Waals surface area contributed by atoms with Crippen molar-refractivity contribution in [2.24, 2.45) is 5.92 Å². The Labute approximate surface area is 204 Å². The van der Waals surface area contributed by atoms with Crippen LogP contribution < -0.4 is 5.32 Å². The second-order valence-corrected chi connectivity index (χ2v) is 9.55. The van der Waals surface area contributed by atoms with Gasteiger partial charge in [0.15, 0.2) is 6.10 Å². The summed E-state index contributed by atoms with van der Waals surface area (Å²) < 4.78 is 11.3. The van der Waals surface area contributed by atoms with Crippen LogP contribution in [0.4, 0.5) is 4.79 Å². The van der Waals surface area contributed by atoms with Crippen LogP contribution >= 0.6 is 0 Å². The van der Waals surface area contributed by atoms with Crippen LogP contribution in [0.15, 0.2) is 48.5 Å². The monoisotopic (exact) mass is 478 g/mol. The van der Waals surface area contributed by atoms with Crippen LogP contribution in [0, 0.1) is 5.92 Å². The van der Waals surface area contributed by atoms with Gasteiger partial charge < -0.3 is 24.8 Å². The lowest BCUT2D eigenvalue weighted by Crippen LogP contribution is -2.52. The van der Waals surface area contributed by atoms with Crippen LogP contribution in [0.1, 0.15) is 42.7 Å². The third-order valence-corrected chi connectivity index (χ3v) is 7.28. The fourth-order valence-corrected chi connectivity index (χ4v) is 5.63. The van der Waals surface area contributed by atoms with Gasteiger partial charge in [-0.2, -0.15) is 0 Å². The van der Waals surface area contributed by atoms with Gasteiger partial charge in [-0.15, -0.1) is 0 Å². The van der Waals surface area contributed by atoms with Gasteiger partial charge in [0, 0.05) is 32.0 Å². The van der Waals surface area contributed by atoms with Crippen LogP contribution in [-0.2, 0) is 19.1 Å². The lowest BCUT2D eigenvalue weighted by molar-refractivity contribution is -0.146. The second-order valence-electron chi connectivity index (χ2n) is 9.55. The number of alkyl carbamates (subject to hydrolysis) is 1. The summed E-state index contributed by atoms with van der Waals surface area (Å²) in [6.45, 7) is 1.56. The predicted octanol–water partition coefficient (Wildman–Crippen LogP) is 3.40. The summed E-state index contributed by atoms with van der Waals surface area (Å²) in [6, 6.07) is 15.8. The summed E-state index contributed by atoms with van der Waals surface area (Å²) in [7, 11) is 0. The molecule has 1 unspecified atom stereocenters. The molecule has 2 heterocycles. The Kier molecular flexibility index (Phi) is 6.72. The summed E-state index contributed by atoms with van der Waals surface area (Å²) in [5.41, 5.74) is 4.60. The fraction of sp³-hybridized carbons (Fsp3) is 0.444. The largest absolute Gasteiger partial charge is 0.481 e. The molecule has 2 fully saturated rings. The first-order chi connectivity index (χ1) is 17.0. The van der Waals surface area contributed by atoms with Gasteiger partial charge in [0.25, 0.3) is 5.91 Å². The van der Waals surface area contributed by atoms with Gasteiger partial charge in [0.2, 0.25) is 0 Å². The Morgan fingerprint density at radius 2 is 1.71 bits per heavy atom. The van der Waals surface area contributed by atoms with Gasteiger partial charge in [0.1, 0.15) is 6.61 Å². The summed E-state index contributed by atoms with van der Waals surface area (Å²) >= 11 is 0. The molecule has 2 amide bonds. The maximum atomic E-state index is 13.1. The van der Waals surface area contributed by atoms with E-state index in [0.29, 0.717) is 26.1 Å². The third-order valence-electron chi connectivity index (χ3n) is 7.28. The van der Waals surface area contributed by atoms with E-state index in [0.717, 1.165) is 35.1 Å². The first-order valence-electron chi connectivity index (χ1n) is 12.2.